The summed E-state index contributed by atoms with van der Waals surface area (Å²) in [6, 6.07) is 9.78. The number of fused-ring (bicyclic) bond motifs is 3. The number of hydrogen-bond acceptors (Lipinski definition) is 2. The summed E-state index contributed by atoms with van der Waals surface area (Å²) in [4.78, 5) is 0. The summed E-state index contributed by atoms with van der Waals surface area (Å²) in [7, 11) is 0. The second kappa shape index (κ2) is 4.52. The number of para-hydroxylation sites is 1. The first-order chi connectivity index (χ1) is 9.31. The molecule has 2 saturated carbocycles. The van der Waals surface area contributed by atoms with Crippen LogP contribution in [0.3, 0.4) is 0 Å². The number of nitrogens with one attached hydrogen (secondary N) is 1. The van der Waals surface area contributed by atoms with Crippen LogP contribution in [-0.4, -0.2) is 12.6 Å². The monoisotopic (exact) mass is 257 g/mol. The molecule has 1 aromatic rings. The predicted molar refractivity (Wildman–Crippen MR) is 76.2 cm³/mol. The molecule has 0 amide bonds. The lowest BCUT2D eigenvalue weighted by Gasteiger charge is -2.36. The summed E-state index contributed by atoms with van der Waals surface area (Å²) in [6.07, 6.45) is 5.79. The van der Waals surface area contributed by atoms with Crippen molar-refractivity contribution in [3.63, 3.8) is 0 Å². The molecule has 0 spiro atoms. The van der Waals surface area contributed by atoms with E-state index in [9.17, 15) is 0 Å². The Kier molecular flexibility index (Phi) is 2.80. The number of benzene rings is 1. The maximum Gasteiger partial charge on any atom is 0.124 e. The highest BCUT2D eigenvalue weighted by Crippen LogP contribution is 2.46. The molecule has 5 atom stereocenters. The third-order valence-corrected chi connectivity index (χ3v) is 5.46. The Bertz CT molecular complexity index is 472. The quantitative estimate of drug-likeness (QED) is 0.875. The Hall–Kier alpha value is -1.02. The molecule has 0 aromatic heterocycles. The lowest BCUT2D eigenvalue weighted by atomic mass is 9.88. The molecule has 1 aromatic carbocycles. The van der Waals surface area contributed by atoms with Gasteiger partial charge in [0.15, 0.2) is 0 Å². The topological polar surface area (TPSA) is 21.3 Å². The Labute approximate surface area is 115 Å². The molecule has 102 valence electrons. The van der Waals surface area contributed by atoms with Gasteiger partial charge in [-0.1, -0.05) is 31.5 Å². The van der Waals surface area contributed by atoms with E-state index in [0.29, 0.717) is 12.0 Å². The van der Waals surface area contributed by atoms with E-state index in [2.05, 4.69) is 36.5 Å². The third-order valence-electron chi connectivity index (χ3n) is 5.46. The molecule has 3 aliphatic rings. The molecule has 2 fully saturated rings. The molecule has 0 radical (unpaired) electrons. The van der Waals surface area contributed by atoms with E-state index < -0.39 is 0 Å². The largest absolute Gasteiger partial charge is 0.493 e. The summed E-state index contributed by atoms with van der Waals surface area (Å²) in [5.41, 5.74) is 1.36. The minimum atomic E-state index is 0.481. The fourth-order valence-electron chi connectivity index (χ4n) is 4.43. The molecule has 1 aliphatic heterocycles. The molecular formula is C17H23NO. The van der Waals surface area contributed by atoms with Gasteiger partial charge < -0.3 is 10.1 Å². The van der Waals surface area contributed by atoms with Crippen LogP contribution in [0.1, 0.15) is 44.2 Å². The zero-order valence-corrected chi connectivity index (χ0v) is 11.6. The first kappa shape index (κ1) is 11.8. The van der Waals surface area contributed by atoms with E-state index in [1.54, 1.807) is 0 Å². The van der Waals surface area contributed by atoms with Crippen LogP contribution in [0.25, 0.3) is 0 Å². The molecule has 2 heteroatoms. The lowest BCUT2D eigenvalue weighted by Crippen LogP contribution is -2.42. The molecule has 0 saturated heterocycles. The highest BCUT2D eigenvalue weighted by atomic mass is 16.5. The maximum atomic E-state index is 5.85. The molecule has 19 heavy (non-hydrogen) atoms. The lowest BCUT2D eigenvalue weighted by molar-refractivity contribution is 0.170. The Morgan fingerprint density at radius 3 is 2.84 bits per heavy atom. The SMILES string of the molecule is CC1COc2ccccc2C1NC1CC2CCC1C2. The summed E-state index contributed by atoms with van der Waals surface area (Å²) >= 11 is 0. The second-order valence-corrected chi connectivity index (χ2v) is 6.75. The van der Waals surface area contributed by atoms with Crippen molar-refractivity contribution < 1.29 is 4.74 Å². The van der Waals surface area contributed by atoms with Crippen LogP contribution in [0.5, 0.6) is 5.75 Å². The zero-order chi connectivity index (χ0) is 12.8. The molecule has 2 nitrogen and oxygen atoms in total. The minimum Gasteiger partial charge on any atom is -0.493 e. The van der Waals surface area contributed by atoms with Crippen molar-refractivity contribution in [3.8, 4) is 5.75 Å². The molecule has 2 aliphatic carbocycles. The number of ether oxygens (including phenoxy) is 1. The van der Waals surface area contributed by atoms with Crippen molar-refractivity contribution in [3.05, 3.63) is 29.8 Å². The highest BCUT2D eigenvalue weighted by molar-refractivity contribution is 5.38. The first-order valence-corrected chi connectivity index (χ1v) is 7.79. The summed E-state index contributed by atoms with van der Waals surface area (Å²) in [5, 5.41) is 3.98. The van der Waals surface area contributed by atoms with Crippen LogP contribution >= 0.6 is 0 Å². The predicted octanol–water partition coefficient (Wildman–Crippen LogP) is 3.53. The Balaban J connectivity index is 1.57. The van der Waals surface area contributed by atoms with Crippen molar-refractivity contribution in [2.45, 2.75) is 44.7 Å². The van der Waals surface area contributed by atoms with Gasteiger partial charge in [0, 0.05) is 23.6 Å². The van der Waals surface area contributed by atoms with Gasteiger partial charge in [0.1, 0.15) is 5.75 Å². The van der Waals surface area contributed by atoms with Crippen molar-refractivity contribution in [1.82, 2.24) is 5.32 Å². The van der Waals surface area contributed by atoms with E-state index in [4.69, 9.17) is 4.74 Å². The van der Waals surface area contributed by atoms with E-state index in [-0.39, 0.29) is 0 Å². The standard InChI is InChI=1S/C17H23NO/c1-11-10-19-16-5-3-2-4-14(16)17(11)18-15-9-12-6-7-13(15)8-12/h2-5,11-13,15,17-18H,6-10H2,1H3. The van der Waals surface area contributed by atoms with Gasteiger partial charge in [0.05, 0.1) is 6.61 Å². The summed E-state index contributed by atoms with van der Waals surface area (Å²) in [6.45, 7) is 3.15. The summed E-state index contributed by atoms with van der Waals surface area (Å²) < 4.78 is 5.85. The van der Waals surface area contributed by atoms with Crippen molar-refractivity contribution in [2.24, 2.45) is 17.8 Å². The number of rotatable bonds is 2. The molecular weight excluding hydrogens is 234 g/mol. The van der Waals surface area contributed by atoms with Gasteiger partial charge in [-0.2, -0.15) is 0 Å². The first-order valence-electron chi connectivity index (χ1n) is 7.79. The molecule has 1 heterocycles. The van der Waals surface area contributed by atoms with E-state index >= 15 is 0 Å². The molecule has 4 rings (SSSR count). The molecule has 1 N–H and O–H groups in total. The van der Waals surface area contributed by atoms with E-state index in [1.807, 2.05) is 0 Å². The summed E-state index contributed by atoms with van der Waals surface area (Å²) in [5.74, 6) is 3.59. The smallest absolute Gasteiger partial charge is 0.124 e. The average molecular weight is 257 g/mol. The molecule has 5 unspecified atom stereocenters. The highest BCUT2D eigenvalue weighted by Gasteiger charge is 2.41. The van der Waals surface area contributed by atoms with Crippen molar-refractivity contribution >= 4 is 0 Å². The van der Waals surface area contributed by atoms with Crippen LogP contribution in [0.4, 0.5) is 0 Å². The van der Waals surface area contributed by atoms with Crippen LogP contribution in [0.2, 0.25) is 0 Å². The fourth-order valence-corrected chi connectivity index (χ4v) is 4.43. The normalized spacial score (nSPS) is 39.9. The van der Waals surface area contributed by atoms with Crippen LogP contribution < -0.4 is 10.1 Å². The van der Waals surface area contributed by atoms with Crippen LogP contribution in [0.15, 0.2) is 24.3 Å². The van der Waals surface area contributed by atoms with Gasteiger partial charge in [0.25, 0.3) is 0 Å². The minimum absolute atomic E-state index is 0.481. The van der Waals surface area contributed by atoms with Gasteiger partial charge in [-0.15, -0.1) is 0 Å². The maximum absolute atomic E-state index is 5.85. The Morgan fingerprint density at radius 1 is 1.16 bits per heavy atom. The van der Waals surface area contributed by atoms with Gasteiger partial charge in [-0.3, -0.25) is 0 Å². The van der Waals surface area contributed by atoms with Crippen LogP contribution in [-0.2, 0) is 0 Å². The molecule has 2 bridgehead atoms. The Morgan fingerprint density at radius 2 is 2.05 bits per heavy atom. The van der Waals surface area contributed by atoms with E-state index in [1.165, 1.54) is 31.2 Å². The zero-order valence-electron chi connectivity index (χ0n) is 11.6. The van der Waals surface area contributed by atoms with Gasteiger partial charge in [-0.25, -0.2) is 0 Å². The van der Waals surface area contributed by atoms with Gasteiger partial charge >= 0.3 is 0 Å². The fraction of sp³-hybridized carbons (Fsp3) is 0.647. The van der Waals surface area contributed by atoms with E-state index in [0.717, 1.165) is 30.2 Å². The van der Waals surface area contributed by atoms with Crippen molar-refractivity contribution in [2.75, 3.05) is 6.61 Å². The van der Waals surface area contributed by atoms with Gasteiger partial charge in [0.2, 0.25) is 0 Å². The number of hydrogen-bond donors (Lipinski definition) is 1. The van der Waals surface area contributed by atoms with Crippen LogP contribution in [0, 0.1) is 17.8 Å². The second-order valence-electron chi connectivity index (χ2n) is 6.75. The van der Waals surface area contributed by atoms with Crippen molar-refractivity contribution in [1.29, 1.82) is 0 Å². The van der Waals surface area contributed by atoms with Gasteiger partial charge in [-0.05, 0) is 37.2 Å². The average Bonchev–Trinajstić information content (AvgIpc) is 3.04. The third kappa shape index (κ3) is 1.97.